The van der Waals surface area contributed by atoms with Gasteiger partial charge >= 0.3 is 6.61 Å². The van der Waals surface area contributed by atoms with Gasteiger partial charge in [-0.3, -0.25) is 4.79 Å². The van der Waals surface area contributed by atoms with Gasteiger partial charge in [0.15, 0.2) is 0 Å². The monoisotopic (exact) mass is 344 g/mol. The largest absolute Gasteiger partial charge is 0.435 e. The van der Waals surface area contributed by atoms with Crippen LogP contribution < -0.4 is 10.1 Å². The van der Waals surface area contributed by atoms with Gasteiger partial charge < -0.3 is 10.1 Å². The Bertz CT molecular complexity index is 864. The van der Waals surface area contributed by atoms with E-state index in [-0.39, 0.29) is 11.6 Å². The quantitative estimate of drug-likeness (QED) is 0.770. The highest BCUT2D eigenvalue weighted by Gasteiger charge is 2.15. The summed E-state index contributed by atoms with van der Waals surface area (Å²) in [6.45, 7) is -1.19. The lowest BCUT2D eigenvalue weighted by Gasteiger charge is -2.06. The summed E-state index contributed by atoms with van der Waals surface area (Å²) in [7, 11) is 0. The van der Waals surface area contributed by atoms with Crippen LogP contribution in [-0.4, -0.2) is 27.3 Å². The van der Waals surface area contributed by atoms with Crippen molar-refractivity contribution in [2.45, 2.75) is 13.5 Å². The van der Waals surface area contributed by atoms with Gasteiger partial charge in [-0.2, -0.15) is 8.78 Å². The highest BCUT2D eigenvalue weighted by molar-refractivity contribution is 6.01. The fraction of sp³-hybridized carbons (Fsp3) is 0.118. The molecule has 0 radical (unpaired) electrons. The third-order valence-corrected chi connectivity index (χ3v) is 3.31. The Kier molecular flexibility index (Phi) is 4.69. The highest BCUT2D eigenvalue weighted by atomic mass is 19.3. The van der Waals surface area contributed by atoms with Crippen molar-refractivity contribution in [1.82, 2.24) is 14.8 Å². The number of carbonyl (C=O) groups is 1. The number of ether oxygens (including phenoxy) is 1. The predicted molar refractivity (Wildman–Crippen MR) is 87.1 cm³/mol. The van der Waals surface area contributed by atoms with Gasteiger partial charge in [-0.15, -0.1) is 5.10 Å². The molecule has 0 fully saturated rings. The van der Waals surface area contributed by atoms with Crippen molar-refractivity contribution in [2.75, 3.05) is 5.32 Å². The van der Waals surface area contributed by atoms with Gasteiger partial charge in [0.2, 0.25) is 5.82 Å². The maximum absolute atomic E-state index is 12.2. The molecule has 0 spiro atoms. The lowest BCUT2D eigenvalue weighted by Crippen LogP contribution is -2.14. The molecule has 0 aliphatic carbocycles. The van der Waals surface area contributed by atoms with E-state index in [1.165, 1.54) is 16.8 Å². The van der Waals surface area contributed by atoms with Crippen LogP contribution in [0.3, 0.4) is 0 Å². The lowest BCUT2D eigenvalue weighted by molar-refractivity contribution is -0.0498. The zero-order valence-corrected chi connectivity index (χ0v) is 13.2. The number of benzene rings is 2. The van der Waals surface area contributed by atoms with Crippen LogP contribution in [0.25, 0.3) is 5.69 Å². The third-order valence-electron chi connectivity index (χ3n) is 3.31. The normalized spacial score (nSPS) is 10.7. The number of amides is 1. The zero-order chi connectivity index (χ0) is 17.8. The molecule has 3 aromatic rings. The second-order valence-corrected chi connectivity index (χ2v) is 5.09. The number of carbonyl (C=O) groups excluding carboxylic acids is 1. The first-order valence-electron chi connectivity index (χ1n) is 7.38. The average molecular weight is 344 g/mol. The van der Waals surface area contributed by atoms with Crippen molar-refractivity contribution in [3.8, 4) is 11.4 Å². The minimum atomic E-state index is -2.88. The van der Waals surface area contributed by atoms with Crippen molar-refractivity contribution in [1.29, 1.82) is 0 Å². The number of hydrogen-bond donors (Lipinski definition) is 1. The molecule has 3 rings (SSSR count). The van der Waals surface area contributed by atoms with E-state index in [4.69, 9.17) is 0 Å². The summed E-state index contributed by atoms with van der Waals surface area (Å²) in [5, 5.41) is 6.87. The number of halogens is 2. The average Bonchev–Trinajstić information content (AvgIpc) is 2.98. The Labute approximate surface area is 142 Å². The van der Waals surface area contributed by atoms with Gasteiger partial charge in [-0.25, -0.2) is 9.67 Å². The van der Waals surface area contributed by atoms with E-state index in [1.807, 2.05) is 6.07 Å². The molecule has 0 saturated carbocycles. The predicted octanol–water partition coefficient (Wildman–Crippen LogP) is 3.43. The number of nitrogens with one attached hydrogen (secondary N) is 1. The molecule has 128 valence electrons. The first-order valence-corrected chi connectivity index (χ1v) is 7.38. The lowest BCUT2D eigenvalue weighted by atomic mass is 10.3. The maximum Gasteiger partial charge on any atom is 0.387 e. The third kappa shape index (κ3) is 3.97. The number of aromatic nitrogens is 3. The Hall–Kier alpha value is -3.29. The minimum Gasteiger partial charge on any atom is -0.435 e. The van der Waals surface area contributed by atoms with Crippen molar-refractivity contribution in [3.05, 3.63) is 66.2 Å². The summed E-state index contributed by atoms with van der Waals surface area (Å²) in [5.41, 5.74) is 1.21. The SMILES string of the molecule is Cc1nc(C(=O)Nc2ccccc2)nn1-c1ccc(OC(F)F)cc1. The summed E-state index contributed by atoms with van der Waals surface area (Å²) in [4.78, 5) is 16.4. The molecule has 0 bridgehead atoms. The number of aryl methyl sites for hydroxylation is 1. The second-order valence-electron chi connectivity index (χ2n) is 5.09. The molecular formula is C17H14F2N4O2. The molecule has 1 N–H and O–H groups in total. The molecule has 2 aromatic carbocycles. The Morgan fingerprint density at radius 1 is 1.12 bits per heavy atom. The standard InChI is InChI=1S/C17H14F2N4O2/c1-11-20-15(16(24)21-12-5-3-2-4-6-12)22-23(11)13-7-9-14(10-8-13)25-17(18)19/h2-10,17H,1H3,(H,21,24). The molecule has 0 atom stereocenters. The van der Waals surface area contributed by atoms with Gasteiger partial charge in [0.1, 0.15) is 11.6 Å². The van der Waals surface area contributed by atoms with Crippen LogP contribution in [0.2, 0.25) is 0 Å². The molecule has 1 amide bonds. The van der Waals surface area contributed by atoms with E-state index in [0.717, 1.165) is 0 Å². The van der Waals surface area contributed by atoms with Crippen LogP contribution in [0.15, 0.2) is 54.6 Å². The number of alkyl halides is 2. The Morgan fingerprint density at radius 2 is 1.80 bits per heavy atom. The molecule has 1 aromatic heterocycles. The molecule has 6 nitrogen and oxygen atoms in total. The summed E-state index contributed by atoms with van der Waals surface area (Å²) in [5.74, 6) is 0.0965. The summed E-state index contributed by atoms with van der Waals surface area (Å²) >= 11 is 0. The fourth-order valence-corrected chi connectivity index (χ4v) is 2.21. The minimum absolute atomic E-state index is 0.00857. The van der Waals surface area contributed by atoms with Gasteiger partial charge in [0.25, 0.3) is 5.91 Å². The number of rotatable bonds is 5. The van der Waals surface area contributed by atoms with Crippen LogP contribution >= 0.6 is 0 Å². The summed E-state index contributed by atoms with van der Waals surface area (Å²) < 4.78 is 30.1. The molecule has 0 aliphatic heterocycles. The van der Waals surface area contributed by atoms with Gasteiger partial charge in [0.05, 0.1) is 5.69 Å². The maximum atomic E-state index is 12.2. The number of anilines is 1. The summed E-state index contributed by atoms with van der Waals surface area (Å²) in [6, 6.07) is 14.8. The molecule has 0 unspecified atom stereocenters. The first-order chi connectivity index (χ1) is 12.0. The Morgan fingerprint density at radius 3 is 2.44 bits per heavy atom. The number of para-hydroxylation sites is 1. The molecular weight excluding hydrogens is 330 g/mol. The molecule has 0 aliphatic rings. The van der Waals surface area contributed by atoms with Crippen LogP contribution in [0.5, 0.6) is 5.75 Å². The van der Waals surface area contributed by atoms with E-state index in [9.17, 15) is 13.6 Å². The van der Waals surface area contributed by atoms with E-state index >= 15 is 0 Å². The van der Waals surface area contributed by atoms with Crippen LogP contribution in [0, 0.1) is 6.92 Å². The number of hydrogen-bond acceptors (Lipinski definition) is 4. The Balaban J connectivity index is 1.79. The molecule has 1 heterocycles. The van der Waals surface area contributed by atoms with E-state index < -0.39 is 12.5 Å². The first kappa shape index (κ1) is 16.6. The smallest absolute Gasteiger partial charge is 0.387 e. The number of nitrogens with zero attached hydrogens (tertiary/aromatic N) is 3. The van der Waals surface area contributed by atoms with E-state index in [1.54, 1.807) is 43.3 Å². The van der Waals surface area contributed by atoms with Gasteiger partial charge in [-0.05, 0) is 43.3 Å². The van der Waals surface area contributed by atoms with Crippen molar-refractivity contribution in [2.24, 2.45) is 0 Å². The van der Waals surface area contributed by atoms with E-state index in [2.05, 4.69) is 20.1 Å². The van der Waals surface area contributed by atoms with Crippen LogP contribution in [-0.2, 0) is 0 Å². The second kappa shape index (κ2) is 7.08. The van der Waals surface area contributed by atoms with Crippen molar-refractivity contribution < 1.29 is 18.3 Å². The highest BCUT2D eigenvalue weighted by Crippen LogP contribution is 2.18. The summed E-state index contributed by atoms with van der Waals surface area (Å²) in [6.07, 6.45) is 0. The van der Waals surface area contributed by atoms with E-state index in [0.29, 0.717) is 17.2 Å². The molecule has 8 heteroatoms. The van der Waals surface area contributed by atoms with Gasteiger partial charge in [-0.1, -0.05) is 18.2 Å². The van der Waals surface area contributed by atoms with Gasteiger partial charge in [0, 0.05) is 5.69 Å². The topological polar surface area (TPSA) is 69.0 Å². The molecule has 0 saturated heterocycles. The molecule has 25 heavy (non-hydrogen) atoms. The van der Waals surface area contributed by atoms with Crippen molar-refractivity contribution in [3.63, 3.8) is 0 Å². The van der Waals surface area contributed by atoms with Crippen LogP contribution in [0.4, 0.5) is 14.5 Å². The fourth-order valence-electron chi connectivity index (χ4n) is 2.21. The van der Waals surface area contributed by atoms with Crippen LogP contribution in [0.1, 0.15) is 16.4 Å². The zero-order valence-electron chi connectivity index (χ0n) is 13.2. The van der Waals surface area contributed by atoms with Crippen molar-refractivity contribution >= 4 is 11.6 Å².